The number of carbonyl (C=O) groups is 1. The van der Waals surface area contributed by atoms with E-state index in [2.05, 4.69) is 5.32 Å². The number of hydrogen-bond acceptors (Lipinski definition) is 4. The molecular formula is C23H27ClN4O2. The van der Waals surface area contributed by atoms with Gasteiger partial charge in [0, 0.05) is 24.3 Å². The normalized spacial score (nSPS) is 14.0. The number of hydrogen-bond donors (Lipinski definition) is 2. The SMILES string of the molecule is COc1cccc(-c2nn(-c3ccc(C)cc3)cc2C(=O)NC(CN)C2CC2)c1.Cl. The number of halogens is 1. The van der Waals surface area contributed by atoms with Gasteiger partial charge >= 0.3 is 0 Å². The molecule has 0 radical (unpaired) electrons. The molecule has 1 heterocycles. The van der Waals surface area contributed by atoms with Gasteiger partial charge < -0.3 is 15.8 Å². The van der Waals surface area contributed by atoms with E-state index in [1.165, 1.54) is 5.56 Å². The van der Waals surface area contributed by atoms with E-state index < -0.39 is 0 Å². The highest BCUT2D eigenvalue weighted by molar-refractivity contribution is 6.00. The number of ether oxygens (including phenoxy) is 1. The summed E-state index contributed by atoms with van der Waals surface area (Å²) in [6, 6.07) is 15.6. The first-order chi connectivity index (χ1) is 14.1. The third kappa shape index (κ3) is 4.66. The van der Waals surface area contributed by atoms with E-state index in [4.69, 9.17) is 15.6 Å². The van der Waals surface area contributed by atoms with Gasteiger partial charge in [0.05, 0.1) is 18.4 Å². The monoisotopic (exact) mass is 426 g/mol. The highest BCUT2D eigenvalue weighted by Crippen LogP contribution is 2.33. The van der Waals surface area contributed by atoms with E-state index in [-0.39, 0.29) is 24.4 Å². The van der Waals surface area contributed by atoms with Gasteiger partial charge in [-0.25, -0.2) is 4.68 Å². The van der Waals surface area contributed by atoms with Crippen molar-refractivity contribution in [3.8, 4) is 22.7 Å². The summed E-state index contributed by atoms with van der Waals surface area (Å²) in [6.07, 6.45) is 4.02. The lowest BCUT2D eigenvalue weighted by Crippen LogP contribution is -2.41. The van der Waals surface area contributed by atoms with Gasteiger partial charge in [0.15, 0.2) is 0 Å². The summed E-state index contributed by atoms with van der Waals surface area (Å²) in [5.41, 5.74) is 9.93. The third-order valence-corrected chi connectivity index (χ3v) is 5.36. The predicted octanol–water partition coefficient (Wildman–Crippen LogP) is 3.75. The average molecular weight is 427 g/mol. The van der Waals surface area contributed by atoms with Crippen LogP contribution >= 0.6 is 12.4 Å². The van der Waals surface area contributed by atoms with Crippen LogP contribution in [-0.4, -0.2) is 35.4 Å². The summed E-state index contributed by atoms with van der Waals surface area (Å²) in [6.45, 7) is 2.48. The summed E-state index contributed by atoms with van der Waals surface area (Å²) < 4.78 is 7.10. The first-order valence-corrected chi connectivity index (χ1v) is 9.91. The molecule has 6 nitrogen and oxygen atoms in total. The molecule has 30 heavy (non-hydrogen) atoms. The molecule has 1 atom stereocenters. The minimum atomic E-state index is -0.150. The number of aryl methyl sites for hydroxylation is 1. The second kappa shape index (κ2) is 9.32. The zero-order valence-electron chi connectivity index (χ0n) is 17.2. The molecule has 158 valence electrons. The quantitative estimate of drug-likeness (QED) is 0.602. The van der Waals surface area contributed by atoms with Crippen molar-refractivity contribution in [3.05, 3.63) is 65.9 Å². The van der Waals surface area contributed by atoms with Gasteiger partial charge in [0.1, 0.15) is 11.4 Å². The standard InChI is InChI=1S/C23H26N4O2.ClH/c1-15-6-10-18(11-7-15)27-14-20(23(28)25-21(13-24)16-8-9-16)22(26-27)17-4-3-5-19(12-17)29-2;/h3-7,10-12,14,16,21H,8-9,13,24H2,1-2H3,(H,25,28);1H. The van der Waals surface area contributed by atoms with Gasteiger partial charge in [-0.15, -0.1) is 12.4 Å². The van der Waals surface area contributed by atoms with Crippen LogP contribution in [-0.2, 0) is 0 Å². The van der Waals surface area contributed by atoms with Crippen LogP contribution in [0.2, 0.25) is 0 Å². The Kier molecular flexibility index (Phi) is 6.80. The molecular weight excluding hydrogens is 400 g/mol. The van der Waals surface area contributed by atoms with Crippen LogP contribution in [0.15, 0.2) is 54.7 Å². The van der Waals surface area contributed by atoms with E-state index in [1.54, 1.807) is 18.0 Å². The van der Waals surface area contributed by atoms with E-state index in [0.29, 0.717) is 23.7 Å². The van der Waals surface area contributed by atoms with Gasteiger partial charge in [0.2, 0.25) is 0 Å². The lowest BCUT2D eigenvalue weighted by molar-refractivity contribution is 0.0934. The van der Waals surface area contributed by atoms with Crippen LogP contribution in [0.1, 0.15) is 28.8 Å². The Balaban J connectivity index is 0.00000256. The maximum absolute atomic E-state index is 13.1. The molecule has 1 amide bonds. The number of aromatic nitrogens is 2. The van der Waals surface area contributed by atoms with Crippen LogP contribution in [0.5, 0.6) is 5.75 Å². The Morgan fingerprint density at radius 2 is 2.00 bits per heavy atom. The Morgan fingerprint density at radius 3 is 2.63 bits per heavy atom. The molecule has 0 aliphatic heterocycles. The van der Waals surface area contributed by atoms with Gasteiger partial charge in [0.25, 0.3) is 5.91 Å². The Morgan fingerprint density at radius 1 is 1.27 bits per heavy atom. The highest BCUT2D eigenvalue weighted by atomic mass is 35.5. The maximum atomic E-state index is 13.1. The zero-order valence-corrected chi connectivity index (χ0v) is 18.0. The number of methoxy groups -OCH3 is 1. The topological polar surface area (TPSA) is 82.2 Å². The van der Waals surface area contributed by atoms with Gasteiger partial charge in [-0.2, -0.15) is 5.10 Å². The number of rotatable bonds is 7. The van der Waals surface area contributed by atoms with Crippen molar-refractivity contribution in [2.24, 2.45) is 11.7 Å². The van der Waals surface area contributed by atoms with Crippen molar-refractivity contribution >= 4 is 18.3 Å². The molecule has 1 aliphatic carbocycles. The minimum absolute atomic E-state index is 0. The second-order valence-electron chi connectivity index (χ2n) is 7.56. The maximum Gasteiger partial charge on any atom is 0.255 e. The van der Waals surface area contributed by atoms with Crippen LogP contribution < -0.4 is 15.8 Å². The van der Waals surface area contributed by atoms with Crippen LogP contribution in [0, 0.1) is 12.8 Å². The van der Waals surface area contributed by atoms with Crippen molar-refractivity contribution in [3.63, 3.8) is 0 Å². The summed E-state index contributed by atoms with van der Waals surface area (Å²) in [5, 5.41) is 7.85. The van der Waals surface area contributed by atoms with Gasteiger partial charge in [-0.3, -0.25) is 4.79 Å². The molecule has 3 aromatic rings. The van der Waals surface area contributed by atoms with Crippen molar-refractivity contribution in [2.75, 3.05) is 13.7 Å². The number of nitrogens with one attached hydrogen (secondary N) is 1. The molecule has 3 N–H and O–H groups in total. The zero-order chi connectivity index (χ0) is 20.4. The summed E-state index contributed by atoms with van der Waals surface area (Å²) in [4.78, 5) is 13.1. The van der Waals surface area contributed by atoms with Crippen molar-refractivity contribution in [2.45, 2.75) is 25.8 Å². The van der Waals surface area contributed by atoms with Crippen LogP contribution in [0.4, 0.5) is 0 Å². The van der Waals surface area contributed by atoms with E-state index in [1.807, 2.05) is 55.5 Å². The fraction of sp³-hybridized carbons (Fsp3) is 0.304. The predicted molar refractivity (Wildman–Crippen MR) is 121 cm³/mol. The molecule has 0 saturated heterocycles. The molecule has 0 bridgehead atoms. The molecule has 1 aliphatic rings. The average Bonchev–Trinajstić information content (AvgIpc) is 3.50. The van der Waals surface area contributed by atoms with Crippen molar-refractivity contribution in [1.82, 2.24) is 15.1 Å². The number of benzene rings is 2. The molecule has 1 unspecified atom stereocenters. The molecule has 1 aromatic heterocycles. The van der Waals surface area contributed by atoms with Crippen molar-refractivity contribution < 1.29 is 9.53 Å². The van der Waals surface area contributed by atoms with E-state index in [0.717, 1.165) is 29.8 Å². The first kappa shape index (κ1) is 21.9. The fourth-order valence-corrected chi connectivity index (χ4v) is 3.47. The Hall–Kier alpha value is -2.83. The first-order valence-electron chi connectivity index (χ1n) is 9.91. The van der Waals surface area contributed by atoms with Crippen LogP contribution in [0.3, 0.4) is 0 Å². The van der Waals surface area contributed by atoms with E-state index in [9.17, 15) is 4.79 Å². The summed E-state index contributed by atoms with van der Waals surface area (Å²) in [5.74, 6) is 1.05. The Bertz CT molecular complexity index is 1010. The number of carbonyl (C=O) groups excluding carboxylic acids is 1. The minimum Gasteiger partial charge on any atom is -0.497 e. The van der Waals surface area contributed by atoms with Crippen LogP contribution in [0.25, 0.3) is 16.9 Å². The molecule has 2 aromatic carbocycles. The summed E-state index contributed by atoms with van der Waals surface area (Å²) >= 11 is 0. The smallest absolute Gasteiger partial charge is 0.255 e. The van der Waals surface area contributed by atoms with E-state index >= 15 is 0 Å². The molecule has 7 heteroatoms. The lowest BCUT2D eigenvalue weighted by Gasteiger charge is -2.15. The lowest BCUT2D eigenvalue weighted by atomic mass is 10.1. The van der Waals surface area contributed by atoms with Gasteiger partial charge in [-0.1, -0.05) is 29.8 Å². The number of nitrogens with zero attached hydrogens (tertiary/aromatic N) is 2. The second-order valence-corrected chi connectivity index (χ2v) is 7.56. The molecule has 0 spiro atoms. The molecule has 4 rings (SSSR count). The third-order valence-electron chi connectivity index (χ3n) is 5.36. The fourth-order valence-electron chi connectivity index (χ4n) is 3.47. The molecule has 1 saturated carbocycles. The number of nitrogens with two attached hydrogens (primary N) is 1. The molecule has 1 fully saturated rings. The number of amides is 1. The highest BCUT2D eigenvalue weighted by Gasteiger charge is 2.32. The van der Waals surface area contributed by atoms with Gasteiger partial charge in [-0.05, 0) is 49.9 Å². The largest absolute Gasteiger partial charge is 0.497 e. The summed E-state index contributed by atoms with van der Waals surface area (Å²) in [7, 11) is 1.62. The Labute approximate surface area is 182 Å². The van der Waals surface area contributed by atoms with Crippen molar-refractivity contribution in [1.29, 1.82) is 0 Å².